The minimum Gasteiger partial charge on any atom is -0.249 e. The van der Waals surface area contributed by atoms with Gasteiger partial charge in [-0.15, -0.1) is 11.3 Å². The van der Waals surface area contributed by atoms with Gasteiger partial charge in [-0.05, 0) is 12.5 Å². The van der Waals surface area contributed by atoms with Crippen LogP contribution in [0.4, 0.5) is 0 Å². The average Bonchev–Trinajstić information content (AvgIpc) is 2.78. The lowest BCUT2D eigenvalue weighted by atomic mass is 10.1. The van der Waals surface area contributed by atoms with Crippen LogP contribution < -0.4 is 0 Å². The molecule has 0 aliphatic heterocycles. The third-order valence-electron chi connectivity index (χ3n) is 2.23. The fourth-order valence-electron chi connectivity index (χ4n) is 1.43. The summed E-state index contributed by atoms with van der Waals surface area (Å²) in [7, 11) is 0. The van der Waals surface area contributed by atoms with Gasteiger partial charge in [0.1, 0.15) is 6.07 Å². The van der Waals surface area contributed by atoms with E-state index in [0.29, 0.717) is 10.6 Å². The van der Waals surface area contributed by atoms with Crippen LogP contribution in [0, 0.1) is 18.3 Å². The van der Waals surface area contributed by atoms with Gasteiger partial charge >= 0.3 is 0 Å². The molecule has 0 atom stereocenters. The summed E-state index contributed by atoms with van der Waals surface area (Å²) < 4.78 is 0. The van der Waals surface area contributed by atoms with Crippen molar-refractivity contribution in [1.82, 2.24) is 4.98 Å². The molecule has 17 heavy (non-hydrogen) atoms. The second-order valence-corrected chi connectivity index (χ2v) is 5.02. The molecule has 0 amide bonds. The Morgan fingerprint density at radius 3 is 2.59 bits per heavy atom. The molecule has 2 rings (SSSR count). The highest BCUT2D eigenvalue weighted by Gasteiger charge is 2.11. The molecule has 1 heterocycles. The van der Waals surface area contributed by atoms with E-state index in [1.807, 2.05) is 37.3 Å². The van der Waals surface area contributed by atoms with E-state index >= 15 is 0 Å². The van der Waals surface area contributed by atoms with Crippen LogP contribution in [0.3, 0.4) is 0 Å². The van der Waals surface area contributed by atoms with Crippen molar-refractivity contribution < 1.29 is 0 Å². The highest BCUT2D eigenvalue weighted by atomic mass is 35.5. The fourth-order valence-corrected chi connectivity index (χ4v) is 2.47. The van der Waals surface area contributed by atoms with Gasteiger partial charge in [-0.1, -0.05) is 41.9 Å². The van der Waals surface area contributed by atoms with Crippen LogP contribution in [0.25, 0.3) is 10.6 Å². The summed E-state index contributed by atoms with van der Waals surface area (Å²) in [5.41, 5.74) is 1.31. The minimum atomic E-state index is 0.462. The summed E-state index contributed by atoms with van der Waals surface area (Å²) in [5, 5.41) is 10.6. The smallest absolute Gasteiger partial charge is 0.101 e. The van der Waals surface area contributed by atoms with E-state index in [1.165, 1.54) is 11.3 Å². The number of halogens is 1. The van der Waals surface area contributed by atoms with E-state index in [4.69, 9.17) is 11.6 Å². The fraction of sp³-hybridized carbons (Fsp3) is 0.0769. The maximum atomic E-state index is 9.21. The molecule has 2 aromatic rings. The van der Waals surface area contributed by atoms with E-state index < -0.39 is 0 Å². The Labute approximate surface area is 109 Å². The lowest BCUT2D eigenvalue weighted by Gasteiger charge is -2.01. The van der Waals surface area contributed by atoms with E-state index in [-0.39, 0.29) is 0 Å². The molecule has 4 heteroatoms. The van der Waals surface area contributed by atoms with Gasteiger partial charge in [0, 0.05) is 6.20 Å². The zero-order chi connectivity index (χ0) is 12.3. The van der Waals surface area contributed by atoms with Gasteiger partial charge in [-0.25, -0.2) is 4.98 Å². The molecule has 0 saturated heterocycles. The normalized spacial score (nSPS) is 11.8. The molecule has 0 bridgehead atoms. The van der Waals surface area contributed by atoms with Crippen LogP contribution in [-0.2, 0) is 0 Å². The molecular weight excluding hydrogens is 252 g/mol. The first-order valence-corrected chi connectivity index (χ1v) is 6.20. The summed E-state index contributed by atoms with van der Waals surface area (Å²) in [4.78, 5) is 4.96. The van der Waals surface area contributed by atoms with Gasteiger partial charge in [0.15, 0.2) is 0 Å². The van der Waals surface area contributed by atoms with Crippen LogP contribution in [-0.4, -0.2) is 4.98 Å². The summed E-state index contributed by atoms with van der Waals surface area (Å²) in [6.45, 7) is 1.91. The zero-order valence-corrected chi connectivity index (χ0v) is 10.7. The Kier molecular flexibility index (Phi) is 3.58. The SMILES string of the molecule is Cc1ncc(/C(Cl)=C(/C#N)c2ccccc2)s1. The Morgan fingerprint density at radius 1 is 1.35 bits per heavy atom. The number of rotatable bonds is 2. The first-order valence-electron chi connectivity index (χ1n) is 5.00. The zero-order valence-electron chi connectivity index (χ0n) is 9.14. The quantitative estimate of drug-likeness (QED) is 0.763. The molecule has 0 fully saturated rings. The van der Waals surface area contributed by atoms with Crippen molar-refractivity contribution in [1.29, 1.82) is 5.26 Å². The van der Waals surface area contributed by atoms with E-state index in [9.17, 15) is 5.26 Å². The number of allylic oxidation sites excluding steroid dienone is 1. The second-order valence-electron chi connectivity index (χ2n) is 3.41. The minimum absolute atomic E-state index is 0.462. The first-order chi connectivity index (χ1) is 8.22. The maximum absolute atomic E-state index is 9.21. The molecule has 1 aromatic heterocycles. The van der Waals surface area contributed by atoms with Crippen molar-refractivity contribution in [2.24, 2.45) is 0 Å². The van der Waals surface area contributed by atoms with Gasteiger partial charge in [0.2, 0.25) is 0 Å². The molecule has 2 nitrogen and oxygen atoms in total. The Bertz CT molecular complexity index is 593. The highest BCUT2D eigenvalue weighted by Crippen LogP contribution is 2.32. The van der Waals surface area contributed by atoms with Crippen molar-refractivity contribution in [2.75, 3.05) is 0 Å². The number of nitriles is 1. The number of aryl methyl sites for hydroxylation is 1. The van der Waals surface area contributed by atoms with Crippen molar-refractivity contribution in [2.45, 2.75) is 6.92 Å². The second kappa shape index (κ2) is 5.13. The lowest BCUT2D eigenvalue weighted by Crippen LogP contribution is -1.83. The number of hydrogen-bond acceptors (Lipinski definition) is 3. The summed E-state index contributed by atoms with van der Waals surface area (Å²) in [6.07, 6.45) is 1.70. The van der Waals surface area contributed by atoms with Gasteiger partial charge in [0.05, 0.1) is 20.5 Å². The highest BCUT2D eigenvalue weighted by molar-refractivity contribution is 7.13. The average molecular weight is 261 g/mol. The Hall–Kier alpha value is -1.63. The third-order valence-corrected chi connectivity index (χ3v) is 3.67. The molecule has 1 aromatic carbocycles. The Balaban J connectivity index is 2.52. The van der Waals surface area contributed by atoms with Crippen LogP contribution in [0.15, 0.2) is 36.5 Å². The monoisotopic (exact) mass is 260 g/mol. The van der Waals surface area contributed by atoms with E-state index in [0.717, 1.165) is 15.4 Å². The summed E-state index contributed by atoms with van der Waals surface area (Å²) >= 11 is 7.73. The van der Waals surface area contributed by atoms with Crippen molar-refractivity contribution in [3.05, 3.63) is 52.0 Å². The largest absolute Gasteiger partial charge is 0.249 e. The topological polar surface area (TPSA) is 36.7 Å². The molecule has 0 aliphatic carbocycles. The van der Waals surface area contributed by atoms with Gasteiger partial charge in [-0.2, -0.15) is 5.26 Å². The predicted octanol–water partition coefficient (Wildman–Crippen LogP) is 4.08. The van der Waals surface area contributed by atoms with Crippen molar-refractivity contribution in [3.8, 4) is 6.07 Å². The van der Waals surface area contributed by atoms with Gasteiger partial charge < -0.3 is 0 Å². The molecule has 0 N–H and O–H groups in total. The van der Waals surface area contributed by atoms with E-state index in [2.05, 4.69) is 11.1 Å². The molecule has 0 radical (unpaired) electrons. The molecule has 84 valence electrons. The molecule has 0 unspecified atom stereocenters. The summed E-state index contributed by atoms with van der Waals surface area (Å²) in [6, 6.07) is 11.6. The lowest BCUT2D eigenvalue weighted by molar-refractivity contribution is 1.30. The molecular formula is C13H9ClN2S. The van der Waals surface area contributed by atoms with Crippen LogP contribution in [0.1, 0.15) is 15.4 Å². The first kappa shape index (κ1) is 11.8. The number of thiazole rings is 1. The standard InChI is InChI=1S/C13H9ClN2S/c1-9-16-8-12(17-9)13(14)11(7-15)10-5-3-2-4-6-10/h2-6,8H,1H3/b13-11+. The predicted molar refractivity (Wildman–Crippen MR) is 71.6 cm³/mol. The van der Waals surface area contributed by atoms with Crippen LogP contribution in [0.2, 0.25) is 0 Å². The van der Waals surface area contributed by atoms with Gasteiger partial charge in [0.25, 0.3) is 0 Å². The van der Waals surface area contributed by atoms with E-state index in [1.54, 1.807) is 6.20 Å². The molecule has 0 spiro atoms. The summed E-state index contributed by atoms with van der Waals surface area (Å²) in [5.74, 6) is 0. The van der Waals surface area contributed by atoms with Crippen LogP contribution >= 0.6 is 22.9 Å². The van der Waals surface area contributed by atoms with Crippen LogP contribution in [0.5, 0.6) is 0 Å². The van der Waals surface area contributed by atoms with Crippen molar-refractivity contribution in [3.63, 3.8) is 0 Å². The molecule has 0 saturated carbocycles. The number of benzene rings is 1. The maximum Gasteiger partial charge on any atom is 0.101 e. The third kappa shape index (κ3) is 2.55. The number of hydrogen-bond donors (Lipinski definition) is 0. The molecule has 0 aliphatic rings. The van der Waals surface area contributed by atoms with Gasteiger partial charge in [-0.3, -0.25) is 0 Å². The Morgan fingerprint density at radius 2 is 2.06 bits per heavy atom. The number of aromatic nitrogens is 1. The number of nitrogens with zero attached hydrogens (tertiary/aromatic N) is 2. The van der Waals surface area contributed by atoms with Crippen molar-refractivity contribution >= 4 is 33.5 Å².